The highest BCUT2D eigenvalue weighted by atomic mass is 16.6. The highest BCUT2D eigenvalue weighted by Gasteiger charge is 2.63. The predicted octanol–water partition coefficient (Wildman–Crippen LogP) is 2.78. The van der Waals surface area contributed by atoms with Crippen molar-refractivity contribution in [3.8, 4) is 0 Å². The van der Waals surface area contributed by atoms with Gasteiger partial charge in [-0.2, -0.15) is 0 Å². The number of oxime groups is 1. The molecule has 0 aliphatic heterocycles. The topological polar surface area (TPSA) is 103 Å². The Kier molecular flexibility index (Phi) is 8.09. The second-order valence-corrected chi connectivity index (χ2v) is 11.1. The lowest BCUT2D eigenvalue weighted by Gasteiger charge is -2.54. The molecule has 2 fully saturated rings. The van der Waals surface area contributed by atoms with Crippen LogP contribution in [0.2, 0.25) is 0 Å². The third-order valence-electron chi connectivity index (χ3n) is 8.99. The quantitative estimate of drug-likeness (QED) is 0.275. The number of aliphatic hydroxyl groups excluding tert-OH is 2. The smallest absolute Gasteiger partial charge is 0.159 e. The molecule has 3 N–H and O–H groups in total. The zero-order valence-electron chi connectivity index (χ0n) is 21.3. The number of carbonyl (C=O) groups is 1. The van der Waals surface area contributed by atoms with Crippen LogP contribution in [0.15, 0.2) is 16.8 Å². The van der Waals surface area contributed by atoms with Crippen LogP contribution < -0.4 is 0 Å². The van der Waals surface area contributed by atoms with Crippen LogP contribution in [0.1, 0.15) is 66.2 Å². The van der Waals surface area contributed by atoms with Gasteiger partial charge in [0.05, 0.1) is 23.5 Å². The Labute approximate surface area is 198 Å². The molecule has 0 radical (unpaired) electrons. The molecule has 0 spiro atoms. The van der Waals surface area contributed by atoms with Crippen molar-refractivity contribution in [3.05, 3.63) is 11.6 Å². The van der Waals surface area contributed by atoms with Crippen LogP contribution in [0.3, 0.4) is 0 Å². The number of nitrogens with zero attached hydrogens (tertiary/aromatic N) is 2. The van der Waals surface area contributed by atoms with Crippen LogP contribution in [-0.4, -0.2) is 76.8 Å². The van der Waals surface area contributed by atoms with Gasteiger partial charge in [-0.1, -0.05) is 25.9 Å². The van der Waals surface area contributed by atoms with Crippen molar-refractivity contribution in [1.82, 2.24) is 4.90 Å². The summed E-state index contributed by atoms with van der Waals surface area (Å²) in [5.41, 5.74) is 0.367. The lowest BCUT2D eigenvalue weighted by atomic mass is 9.52. The van der Waals surface area contributed by atoms with E-state index in [2.05, 4.69) is 19.0 Å². The standard InChI is InChI=1S/C26H44N2O5/c1-7-22(29)24(31)14-19-16(2)18-8-10-25(4)20(17(3)27-33-13-12-28(5)6)9-11-26(25,32)21(18)15-23(19)30/h15-16,18-20,22,24,29,31-32H,7-14H2,1-6H3/b27-17-/t16-,18?,19+,20+,22-,24+,25+,26+/m0/s1. The summed E-state index contributed by atoms with van der Waals surface area (Å²) in [7, 11) is 3.99. The van der Waals surface area contributed by atoms with E-state index in [1.54, 1.807) is 6.08 Å². The van der Waals surface area contributed by atoms with Crippen molar-refractivity contribution in [2.75, 3.05) is 27.2 Å². The molecule has 7 nitrogen and oxygen atoms in total. The molecule has 3 rings (SSSR count). The van der Waals surface area contributed by atoms with E-state index >= 15 is 0 Å². The summed E-state index contributed by atoms with van der Waals surface area (Å²) >= 11 is 0. The molecule has 0 amide bonds. The lowest BCUT2D eigenvalue weighted by molar-refractivity contribution is -0.127. The highest BCUT2D eigenvalue weighted by molar-refractivity contribution is 5.94. The molecule has 0 heterocycles. The summed E-state index contributed by atoms with van der Waals surface area (Å²) in [6.07, 6.45) is 3.87. The van der Waals surface area contributed by atoms with Crippen molar-refractivity contribution in [2.45, 2.75) is 84.0 Å². The third-order valence-corrected chi connectivity index (χ3v) is 8.99. The maximum absolute atomic E-state index is 13.2. The van der Waals surface area contributed by atoms with Crippen molar-refractivity contribution < 1.29 is 25.0 Å². The Balaban J connectivity index is 1.81. The second kappa shape index (κ2) is 10.1. The fraction of sp³-hybridized carbons (Fsp3) is 0.846. The van der Waals surface area contributed by atoms with E-state index in [9.17, 15) is 20.1 Å². The molecule has 0 aromatic carbocycles. The molecule has 3 aliphatic rings. The lowest BCUT2D eigenvalue weighted by Crippen LogP contribution is -2.55. The Morgan fingerprint density at radius 3 is 2.61 bits per heavy atom. The zero-order chi connectivity index (χ0) is 24.6. The third kappa shape index (κ3) is 4.79. The zero-order valence-corrected chi connectivity index (χ0v) is 21.3. The summed E-state index contributed by atoms with van der Waals surface area (Å²) in [6.45, 7) is 9.34. The number of carbonyl (C=O) groups excluding carboxylic acids is 1. The number of likely N-dealkylation sites (N-methyl/N-ethyl adjacent to an activating group) is 1. The van der Waals surface area contributed by atoms with Gasteiger partial charge in [0.25, 0.3) is 0 Å². The normalized spacial score (nSPS) is 38.5. The van der Waals surface area contributed by atoms with Crippen LogP contribution in [0.25, 0.3) is 0 Å². The van der Waals surface area contributed by atoms with Crippen molar-refractivity contribution in [2.24, 2.45) is 34.2 Å². The number of hydrogen-bond acceptors (Lipinski definition) is 7. The molecule has 33 heavy (non-hydrogen) atoms. The Morgan fingerprint density at radius 1 is 1.27 bits per heavy atom. The SMILES string of the molecule is CC[C@H](O)[C@H](O)C[C@H]1C(=O)C=C2C(CC[C@]3(C)[C@@H](/C(C)=N\OCCN(C)C)CC[C@@]23O)[C@@H]1C. The average molecular weight is 465 g/mol. The average Bonchev–Trinajstić information content (AvgIpc) is 3.05. The van der Waals surface area contributed by atoms with E-state index in [1.165, 1.54) is 0 Å². The molecule has 8 atom stereocenters. The van der Waals surface area contributed by atoms with Gasteiger partial charge in [0.1, 0.15) is 6.61 Å². The van der Waals surface area contributed by atoms with Crippen LogP contribution in [-0.2, 0) is 9.63 Å². The molecule has 7 heteroatoms. The van der Waals surface area contributed by atoms with Gasteiger partial charge in [0.15, 0.2) is 5.78 Å². The van der Waals surface area contributed by atoms with Gasteiger partial charge in [-0.3, -0.25) is 4.79 Å². The first-order valence-corrected chi connectivity index (χ1v) is 12.6. The maximum atomic E-state index is 13.2. The molecule has 0 bridgehead atoms. The van der Waals surface area contributed by atoms with Gasteiger partial charge in [-0.15, -0.1) is 0 Å². The van der Waals surface area contributed by atoms with Crippen molar-refractivity contribution in [3.63, 3.8) is 0 Å². The van der Waals surface area contributed by atoms with Gasteiger partial charge >= 0.3 is 0 Å². The van der Waals surface area contributed by atoms with Gasteiger partial charge in [-0.05, 0) is 83.0 Å². The van der Waals surface area contributed by atoms with Gasteiger partial charge < -0.3 is 25.1 Å². The molecule has 0 aromatic heterocycles. The number of fused-ring (bicyclic) bond motifs is 3. The largest absolute Gasteiger partial charge is 0.394 e. The van der Waals surface area contributed by atoms with Crippen LogP contribution in [0.5, 0.6) is 0 Å². The molecule has 3 aliphatic carbocycles. The van der Waals surface area contributed by atoms with E-state index in [-0.39, 0.29) is 35.9 Å². The number of aliphatic hydroxyl groups is 3. The number of hydrogen-bond donors (Lipinski definition) is 3. The molecular formula is C26H44N2O5. The number of rotatable bonds is 9. The summed E-state index contributed by atoms with van der Waals surface area (Å²) in [5.74, 6) is -0.117. The van der Waals surface area contributed by atoms with Crippen LogP contribution in [0, 0.1) is 29.1 Å². The summed E-state index contributed by atoms with van der Waals surface area (Å²) in [5, 5.41) is 36.8. The van der Waals surface area contributed by atoms with E-state index in [0.717, 1.165) is 37.1 Å². The van der Waals surface area contributed by atoms with Crippen molar-refractivity contribution >= 4 is 11.5 Å². The molecular weight excluding hydrogens is 420 g/mol. The monoisotopic (exact) mass is 464 g/mol. The molecule has 188 valence electrons. The van der Waals surface area contributed by atoms with E-state index in [0.29, 0.717) is 19.4 Å². The van der Waals surface area contributed by atoms with Crippen LogP contribution in [0.4, 0.5) is 0 Å². The highest BCUT2D eigenvalue weighted by Crippen LogP contribution is 2.63. The first-order valence-electron chi connectivity index (χ1n) is 12.6. The van der Waals surface area contributed by atoms with Crippen molar-refractivity contribution in [1.29, 1.82) is 0 Å². The van der Waals surface area contributed by atoms with Gasteiger partial charge in [0.2, 0.25) is 0 Å². The predicted molar refractivity (Wildman–Crippen MR) is 129 cm³/mol. The Hall–Kier alpha value is -1.28. The van der Waals surface area contributed by atoms with E-state index < -0.39 is 23.2 Å². The second-order valence-electron chi connectivity index (χ2n) is 11.1. The fourth-order valence-electron chi connectivity index (χ4n) is 6.72. The Bertz CT molecular complexity index is 781. The number of ketones is 1. The minimum absolute atomic E-state index is 0.0213. The fourth-order valence-corrected chi connectivity index (χ4v) is 6.72. The summed E-state index contributed by atoms with van der Waals surface area (Å²) in [6, 6.07) is 0. The molecule has 2 saturated carbocycles. The molecule has 0 aromatic rings. The van der Waals surface area contributed by atoms with Crippen LogP contribution >= 0.6 is 0 Å². The van der Waals surface area contributed by atoms with Gasteiger partial charge in [-0.25, -0.2) is 0 Å². The Morgan fingerprint density at radius 2 is 1.97 bits per heavy atom. The minimum atomic E-state index is -1.03. The number of allylic oxidation sites excluding steroid dienone is 1. The van der Waals surface area contributed by atoms with E-state index in [1.807, 2.05) is 32.8 Å². The first kappa shape index (κ1) is 26.3. The van der Waals surface area contributed by atoms with E-state index in [4.69, 9.17) is 4.84 Å². The maximum Gasteiger partial charge on any atom is 0.159 e. The van der Waals surface area contributed by atoms with Gasteiger partial charge in [0, 0.05) is 23.8 Å². The molecule has 0 saturated heterocycles. The first-order chi connectivity index (χ1) is 15.5. The summed E-state index contributed by atoms with van der Waals surface area (Å²) in [4.78, 5) is 20.8. The molecule has 1 unspecified atom stereocenters. The minimum Gasteiger partial charge on any atom is -0.394 e. The summed E-state index contributed by atoms with van der Waals surface area (Å²) < 4.78 is 0.